The topological polar surface area (TPSA) is 53.7 Å². The van der Waals surface area contributed by atoms with E-state index in [1.165, 1.54) is 6.26 Å². The lowest BCUT2D eigenvalue weighted by Crippen LogP contribution is -2.61. The van der Waals surface area contributed by atoms with Crippen molar-refractivity contribution in [2.24, 2.45) is 0 Å². The summed E-state index contributed by atoms with van der Waals surface area (Å²) in [7, 11) is 0. The van der Waals surface area contributed by atoms with Crippen molar-refractivity contribution in [1.82, 2.24) is 4.90 Å². The number of β-amino-alcohol motifs (C(OH)–C–C–N with tert-alkyl or cyclic N) is 1. The van der Waals surface area contributed by atoms with Gasteiger partial charge in [0, 0.05) is 0 Å². The Labute approximate surface area is 89.6 Å². The molecule has 1 aromatic rings. The largest absolute Gasteiger partial charge is 0.457 e. The number of carbonyl (C=O) groups excluding carboxylic acids is 1. The number of carbonyl (C=O) groups is 1. The number of likely N-dealkylation sites (tertiary alicyclic amines) is 1. The molecule has 2 heterocycles. The van der Waals surface area contributed by atoms with Crippen LogP contribution >= 0.6 is 15.9 Å². The molecule has 1 amide bonds. The second-order valence-corrected chi connectivity index (χ2v) is 4.49. The Kier molecular flexibility index (Phi) is 2.16. The third-order valence-corrected chi connectivity index (χ3v) is 2.81. The van der Waals surface area contributed by atoms with Gasteiger partial charge in [-0.2, -0.15) is 0 Å². The van der Waals surface area contributed by atoms with Crippen molar-refractivity contribution in [3.63, 3.8) is 0 Å². The lowest BCUT2D eigenvalue weighted by molar-refractivity contribution is -0.0669. The Morgan fingerprint density at radius 1 is 1.71 bits per heavy atom. The smallest absolute Gasteiger partial charge is 0.258 e. The van der Waals surface area contributed by atoms with Crippen LogP contribution in [0.1, 0.15) is 17.3 Å². The molecule has 1 fully saturated rings. The van der Waals surface area contributed by atoms with Gasteiger partial charge in [-0.3, -0.25) is 4.79 Å². The first-order valence-electron chi connectivity index (χ1n) is 4.24. The summed E-state index contributed by atoms with van der Waals surface area (Å²) in [5.74, 6) is -0.114. The zero-order valence-electron chi connectivity index (χ0n) is 7.66. The summed E-state index contributed by atoms with van der Waals surface area (Å²) in [4.78, 5) is 13.3. The monoisotopic (exact) mass is 259 g/mol. The average molecular weight is 260 g/mol. The van der Waals surface area contributed by atoms with Crippen molar-refractivity contribution < 1.29 is 14.3 Å². The Bertz CT molecular complexity index is 364. The van der Waals surface area contributed by atoms with Crippen molar-refractivity contribution in [2.75, 3.05) is 13.1 Å². The molecule has 0 saturated carbocycles. The van der Waals surface area contributed by atoms with E-state index in [1.54, 1.807) is 17.9 Å². The van der Waals surface area contributed by atoms with Crippen molar-refractivity contribution in [2.45, 2.75) is 12.5 Å². The molecule has 14 heavy (non-hydrogen) atoms. The normalized spacial score (nSPS) is 19.2. The van der Waals surface area contributed by atoms with Crippen molar-refractivity contribution in [3.8, 4) is 0 Å². The molecule has 4 nitrogen and oxygen atoms in total. The number of rotatable bonds is 1. The van der Waals surface area contributed by atoms with Crippen LogP contribution in [0.3, 0.4) is 0 Å². The summed E-state index contributed by atoms with van der Waals surface area (Å²) in [6.07, 6.45) is 1.45. The zero-order chi connectivity index (χ0) is 10.3. The van der Waals surface area contributed by atoms with Crippen LogP contribution in [0.25, 0.3) is 0 Å². The molecular weight excluding hydrogens is 250 g/mol. The van der Waals surface area contributed by atoms with Crippen molar-refractivity contribution in [3.05, 3.63) is 22.6 Å². The van der Waals surface area contributed by atoms with E-state index in [0.29, 0.717) is 23.3 Å². The van der Waals surface area contributed by atoms with Crippen LogP contribution in [0, 0.1) is 0 Å². The third-order valence-electron chi connectivity index (χ3n) is 2.20. The number of halogens is 1. The minimum Gasteiger partial charge on any atom is -0.457 e. The van der Waals surface area contributed by atoms with E-state index >= 15 is 0 Å². The van der Waals surface area contributed by atoms with Crippen LogP contribution < -0.4 is 0 Å². The van der Waals surface area contributed by atoms with E-state index in [-0.39, 0.29) is 5.91 Å². The molecule has 76 valence electrons. The molecule has 0 aromatic carbocycles. The molecule has 0 bridgehead atoms. The standard InChI is InChI=1S/C9H10BrNO3/c1-9(13)4-11(5-9)8(12)6-2-3-14-7(6)10/h2-3,13H,4-5H2,1H3. The zero-order valence-corrected chi connectivity index (χ0v) is 9.24. The maximum Gasteiger partial charge on any atom is 0.258 e. The Hall–Kier alpha value is -0.810. The molecule has 1 aromatic heterocycles. The average Bonchev–Trinajstić information content (AvgIpc) is 2.45. The summed E-state index contributed by atoms with van der Waals surface area (Å²) in [6.45, 7) is 2.47. The fourth-order valence-corrected chi connectivity index (χ4v) is 1.95. The fraction of sp³-hybridized carbons (Fsp3) is 0.444. The number of hydrogen-bond donors (Lipinski definition) is 1. The lowest BCUT2D eigenvalue weighted by Gasteiger charge is -2.43. The minimum absolute atomic E-state index is 0.114. The van der Waals surface area contributed by atoms with E-state index in [4.69, 9.17) is 4.42 Å². The van der Waals surface area contributed by atoms with E-state index in [2.05, 4.69) is 15.9 Å². The summed E-state index contributed by atoms with van der Waals surface area (Å²) in [5, 5.41) is 9.47. The highest BCUT2D eigenvalue weighted by Crippen LogP contribution is 2.25. The van der Waals surface area contributed by atoms with E-state index in [9.17, 15) is 9.90 Å². The molecule has 1 N–H and O–H groups in total. The quantitative estimate of drug-likeness (QED) is 0.826. The van der Waals surface area contributed by atoms with Gasteiger partial charge in [-0.1, -0.05) is 0 Å². The number of amides is 1. The molecule has 0 radical (unpaired) electrons. The summed E-state index contributed by atoms with van der Waals surface area (Å²) >= 11 is 3.14. The van der Waals surface area contributed by atoms with Crippen LogP contribution in [0.4, 0.5) is 0 Å². The van der Waals surface area contributed by atoms with Crippen molar-refractivity contribution in [1.29, 1.82) is 0 Å². The van der Waals surface area contributed by atoms with Gasteiger partial charge in [-0.15, -0.1) is 0 Å². The molecule has 0 aliphatic carbocycles. The number of hydrogen-bond acceptors (Lipinski definition) is 3. The molecule has 1 aliphatic rings. The maximum absolute atomic E-state index is 11.7. The highest BCUT2D eigenvalue weighted by Gasteiger charge is 2.40. The number of nitrogens with zero attached hydrogens (tertiary/aromatic N) is 1. The van der Waals surface area contributed by atoms with Gasteiger partial charge in [-0.25, -0.2) is 0 Å². The van der Waals surface area contributed by atoms with Gasteiger partial charge in [0.25, 0.3) is 5.91 Å². The van der Waals surface area contributed by atoms with Gasteiger partial charge in [0.2, 0.25) is 0 Å². The van der Waals surface area contributed by atoms with Gasteiger partial charge in [0.1, 0.15) is 0 Å². The molecule has 1 aliphatic heterocycles. The molecular formula is C9H10BrNO3. The molecule has 0 unspecified atom stereocenters. The minimum atomic E-state index is -0.730. The van der Waals surface area contributed by atoms with Crippen LogP contribution in [-0.4, -0.2) is 34.6 Å². The molecule has 1 saturated heterocycles. The molecule has 5 heteroatoms. The lowest BCUT2D eigenvalue weighted by atomic mass is 9.96. The van der Waals surface area contributed by atoms with Crippen molar-refractivity contribution >= 4 is 21.8 Å². The van der Waals surface area contributed by atoms with Crippen LogP contribution in [-0.2, 0) is 0 Å². The van der Waals surface area contributed by atoms with E-state index in [1.807, 2.05) is 0 Å². The number of aliphatic hydroxyl groups is 1. The third kappa shape index (κ3) is 1.57. The molecule has 0 spiro atoms. The predicted molar refractivity (Wildman–Crippen MR) is 52.9 cm³/mol. The van der Waals surface area contributed by atoms with Gasteiger partial charge >= 0.3 is 0 Å². The Balaban J connectivity index is 2.08. The predicted octanol–water partition coefficient (Wildman–Crippen LogP) is 1.25. The van der Waals surface area contributed by atoms with Gasteiger partial charge in [-0.05, 0) is 28.9 Å². The van der Waals surface area contributed by atoms with Gasteiger partial charge in [0.15, 0.2) is 4.67 Å². The Morgan fingerprint density at radius 2 is 2.36 bits per heavy atom. The van der Waals surface area contributed by atoms with Gasteiger partial charge in [0.05, 0.1) is 30.5 Å². The summed E-state index contributed by atoms with van der Waals surface area (Å²) in [6, 6.07) is 1.61. The van der Waals surface area contributed by atoms with E-state index < -0.39 is 5.60 Å². The SMILES string of the molecule is CC1(O)CN(C(=O)c2ccoc2Br)C1. The second-order valence-electron chi connectivity index (χ2n) is 3.77. The number of furan rings is 1. The van der Waals surface area contributed by atoms with Gasteiger partial charge < -0.3 is 14.4 Å². The first-order valence-corrected chi connectivity index (χ1v) is 5.03. The van der Waals surface area contributed by atoms with Crippen LogP contribution in [0.5, 0.6) is 0 Å². The molecule has 2 rings (SSSR count). The maximum atomic E-state index is 11.7. The highest BCUT2D eigenvalue weighted by atomic mass is 79.9. The molecule has 0 atom stereocenters. The highest BCUT2D eigenvalue weighted by molar-refractivity contribution is 9.10. The van der Waals surface area contributed by atoms with E-state index in [0.717, 1.165) is 0 Å². The first-order chi connectivity index (χ1) is 6.49. The fourth-order valence-electron chi connectivity index (χ4n) is 1.54. The summed E-state index contributed by atoms with van der Waals surface area (Å²) in [5.41, 5.74) is -0.230. The van der Waals surface area contributed by atoms with Crippen LogP contribution in [0.2, 0.25) is 0 Å². The second kappa shape index (κ2) is 3.10. The first kappa shape index (κ1) is 9.73. The summed E-state index contributed by atoms with van der Waals surface area (Å²) < 4.78 is 5.40. The van der Waals surface area contributed by atoms with Crippen LogP contribution in [0.15, 0.2) is 21.4 Å². The Morgan fingerprint density at radius 3 is 2.79 bits per heavy atom.